The average molecular weight is 209 g/mol. The summed E-state index contributed by atoms with van der Waals surface area (Å²) in [6, 6.07) is -0.282. The minimum atomic E-state index is -4.32. The largest absolute Gasteiger partial charge is 0.313 e. The lowest BCUT2D eigenvalue weighted by Crippen LogP contribution is -2.37. The summed E-state index contributed by atoms with van der Waals surface area (Å²) in [6.07, 6.45) is 3.69. The first-order valence-electron chi connectivity index (χ1n) is 4.63. The van der Waals surface area contributed by atoms with Crippen LogP contribution in [0, 0.1) is 5.92 Å². The highest BCUT2D eigenvalue weighted by molar-refractivity contribution is 7.86. The van der Waals surface area contributed by atoms with Gasteiger partial charge in [0.05, 0.1) is 5.75 Å². The molecule has 1 unspecified atom stereocenters. The highest BCUT2D eigenvalue weighted by atomic mass is 32.3. The standard InChI is InChI=1S/C8H16FNO2S/c1-7(6-13(9,11)12)10-5-8-3-2-4-8/h7-8,10H,2-6H2,1H3. The van der Waals surface area contributed by atoms with Crippen molar-refractivity contribution in [2.45, 2.75) is 32.2 Å². The summed E-state index contributed by atoms with van der Waals surface area (Å²) in [6.45, 7) is 2.51. The van der Waals surface area contributed by atoms with Gasteiger partial charge in [0.1, 0.15) is 0 Å². The van der Waals surface area contributed by atoms with Gasteiger partial charge in [0.2, 0.25) is 0 Å². The summed E-state index contributed by atoms with van der Waals surface area (Å²) in [5.41, 5.74) is 0. The van der Waals surface area contributed by atoms with E-state index in [0.717, 1.165) is 6.54 Å². The van der Waals surface area contributed by atoms with Gasteiger partial charge >= 0.3 is 10.2 Å². The lowest BCUT2D eigenvalue weighted by molar-refractivity contribution is 0.294. The molecule has 0 saturated heterocycles. The highest BCUT2D eigenvalue weighted by Crippen LogP contribution is 2.25. The lowest BCUT2D eigenvalue weighted by Gasteiger charge is -2.26. The summed E-state index contributed by atoms with van der Waals surface area (Å²) in [7, 11) is -4.32. The zero-order valence-corrected chi connectivity index (χ0v) is 8.61. The van der Waals surface area contributed by atoms with Gasteiger partial charge in [-0.15, -0.1) is 3.89 Å². The summed E-state index contributed by atoms with van der Waals surface area (Å²) in [5.74, 6) is 0.254. The lowest BCUT2D eigenvalue weighted by atomic mass is 9.85. The second-order valence-corrected chi connectivity index (χ2v) is 5.22. The maximum absolute atomic E-state index is 12.2. The van der Waals surface area contributed by atoms with E-state index in [-0.39, 0.29) is 6.04 Å². The minimum Gasteiger partial charge on any atom is -0.313 e. The smallest absolute Gasteiger partial charge is 0.303 e. The average Bonchev–Trinajstić information content (AvgIpc) is 1.78. The number of hydrogen-bond donors (Lipinski definition) is 1. The fourth-order valence-electron chi connectivity index (χ4n) is 1.42. The molecule has 1 atom stereocenters. The topological polar surface area (TPSA) is 46.2 Å². The fourth-order valence-corrected chi connectivity index (χ4v) is 2.14. The Bertz CT molecular complexity index is 249. The molecule has 0 heterocycles. The van der Waals surface area contributed by atoms with Crippen LogP contribution in [0.25, 0.3) is 0 Å². The van der Waals surface area contributed by atoms with E-state index in [1.54, 1.807) is 6.92 Å². The molecule has 0 aromatic heterocycles. The number of rotatable bonds is 5. The van der Waals surface area contributed by atoms with Gasteiger partial charge in [0.25, 0.3) is 0 Å². The van der Waals surface area contributed by atoms with Crippen molar-refractivity contribution in [3.63, 3.8) is 0 Å². The maximum Gasteiger partial charge on any atom is 0.303 e. The first kappa shape index (κ1) is 10.9. The highest BCUT2D eigenvalue weighted by Gasteiger charge is 2.19. The molecule has 0 amide bonds. The van der Waals surface area contributed by atoms with Crippen molar-refractivity contribution in [2.24, 2.45) is 5.92 Å². The van der Waals surface area contributed by atoms with Crippen molar-refractivity contribution in [2.75, 3.05) is 12.3 Å². The maximum atomic E-state index is 12.2. The molecule has 3 nitrogen and oxygen atoms in total. The van der Waals surface area contributed by atoms with E-state index in [1.807, 2.05) is 0 Å². The Balaban J connectivity index is 2.13. The van der Waals surface area contributed by atoms with Gasteiger partial charge in [-0.1, -0.05) is 6.42 Å². The normalized spacial score (nSPS) is 21.1. The molecule has 0 bridgehead atoms. The SMILES string of the molecule is CC(CS(=O)(=O)F)NCC1CCC1. The summed E-state index contributed by atoms with van der Waals surface area (Å²) < 4.78 is 32.7. The van der Waals surface area contributed by atoms with Crippen LogP contribution in [0.4, 0.5) is 3.89 Å². The molecule has 0 spiro atoms. The molecule has 0 aromatic rings. The molecule has 1 aliphatic rings. The Morgan fingerprint density at radius 3 is 2.54 bits per heavy atom. The number of hydrogen-bond acceptors (Lipinski definition) is 3. The van der Waals surface area contributed by atoms with Crippen LogP contribution >= 0.6 is 0 Å². The van der Waals surface area contributed by atoms with Crippen LogP contribution in [-0.4, -0.2) is 26.8 Å². The molecule has 1 rings (SSSR count). The Morgan fingerprint density at radius 1 is 1.54 bits per heavy atom. The first-order valence-corrected chi connectivity index (χ1v) is 6.18. The van der Waals surface area contributed by atoms with E-state index in [9.17, 15) is 12.3 Å². The van der Waals surface area contributed by atoms with Crippen LogP contribution in [-0.2, 0) is 10.2 Å². The Hall–Kier alpha value is -0.160. The van der Waals surface area contributed by atoms with Crippen LogP contribution in [0.15, 0.2) is 0 Å². The van der Waals surface area contributed by atoms with Crippen LogP contribution in [0.5, 0.6) is 0 Å². The van der Waals surface area contributed by atoms with Gasteiger partial charge in [-0.3, -0.25) is 0 Å². The van der Waals surface area contributed by atoms with Crippen molar-refractivity contribution >= 4 is 10.2 Å². The zero-order chi connectivity index (χ0) is 9.90. The quantitative estimate of drug-likeness (QED) is 0.689. The second kappa shape index (κ2) is 4.37. The summed E-state index contributed by atoms with van der Waals surface area (Å²) in [4.78, 5) is 0. The van der Waals surface area contributed by atoms with Gasteiger partial charge < -0.3 is 5.32 Å². The molecular weight excluding hydrogens is 193 g/mol. The molecule has 0 aliphatic heterocycles. The van der Waals surface area contributed by atoms with Gasteiger partial charge in [-0.2, -0.15) is 8.42 Å². The van der Waals surface area contributed by atoms with E-state index in [4.69, 9.17) is 0 Å². The van der Waals surface area contributed by atoms with Crippen molar-refractivity contribution in [1.82, 2.24) is 5.32 Å². The number of nitrogens with one attached hydrogen (secondary N) is 1. The second-order valence-electron chi connectivity index (χ2n) is 3.81. The van der Waals surface area contributed by atoms with Crippen molar-refractivity contribution < 1.29 is 12.3 Å². The molecule has 0 aromatic carbocycles. The molecule has 78 valence electrons. The first-order chi connectivity index (χ1) is 5.97. The Kier molecular flexibility index (Phi) is 3.67. The monoisotopic (exact) mass is 209 g/mol. The predicted octanol–water partition coefficient (Wildman–Crippen LogP) is 1.06. The molecule has 13 heavy (non-hydrogen) atoms. The molecule has 1 aliphatic carbocycles. The summed E-state index contributed by atoms with van der Waals surface area (Å²) >= 11 is 0. The third-order valence-corrected chi connectivity index (χ3v) is 3.33. The molecule has 0 radical (unpaired) electrons. The van der Waals surface area contributed by atoms with E-state index in [0.29, 0.717) is 5.92 Å². The van der Waals surface area contributed by atoms with Gasteiger partial charge in [-0.25, -0.2) is 0 Å². The van der Waals surface area contributed by atoms with Gasteiger partial charge in [-0.05, 0) is 32.2 Å². The van der Waals surface area contributed by atoms with Crippen molar-refractivity contribution in [3.8, 4) is 0 Å². The Morgan fingerprint density at radius 2 is 2.15 bits per heavy atom. The van der Waals surface area contributed by atoms with E-state index in [2.05, 4.69) is 5.32 Å². The fraction of sp³-hybridized carbons (Fsp3) is 1.00. The third kappa shape index (κ3) is 4.57. The van der Waals surface area contributed by atoms with E-state index >= 15 is 0 Å². The van der Waals surface area contributed by atoms with E-state index < -0.39 is 16.0 Å². The molecule has 1 fully saturated rings. The van der Waals surface area contributed by atoms with Gasteiger partial charge in [0.15, 0.2) is 0 Å². The minimum absolute atomic E-state index is 0.282. The molecule has 1 N–H and O–H groups in total. The van der Waals surface area contributed by atoms with Gasteiger partial charge in [0, 0.05) is 6.04 Å². The Labute approximate surface area is 78.9 Å². The zero-order valence-electron chi connectivity index (χ0n) is 7.79. The van der Waals surface area contributed by atoms with Crippen molar-refractivity contribution in [3.05, 3.63) is 0 Å². The number of halogens is 1. The predicted molar refractivity (Wildman–Crippen MR) is 49.7 cm³/mol. The van der Waals surface area contributed by atoms with Crippen LogP contribution < -0.4 is 5.32 Å². The van der Waals surface area contributed by atoms with Crippen molar-refractivity contribution in [1.29, 1.82) is 0 Å². The van der Waals surface area contributed by atoms with Crippen LogP contribution in [0.3, 0.4) is 0 Å². The molecule has 1 saturated carbocycles. The summed E-state index contributed by atoms with van der Waals surface area (Å²) in [5, 5.41) is 3.02. The molecule has 5 heteroatoms. The van der Waals surface area contributed by atoms with Crippen LogP contribution in [0.1, 0.15) is 26.2 Å². The molecular formula is C8H16FNO2S. The van der Waals surface area contributed by atoms with Crippen LogP contribution in [0.2, 0.25) is 0 Å². The third-order valence-electron chi connectivity index (χ3n) is 2.43. The van der Waals surface area contributed by atoms with E-state index in [1.165, 1.54) is 19.3 Å².